The van der Waals surface area contributed by atoms with Gasteiger partial charge in [-0.1, -0.05) is 27.7 Å². The average molecular weight is 530 g/mol. The van der Waals surface area contributed by atoms with Crippen LogP contribution in [-0.4, -0.2) is 64.8 Å². The van der Waals surface area contributed by atoms with Crippen molar-refractivity contribution in [1.82, 2.24) is 5.32 Å². The van der Waals surface area contributed by atoms with E-state index in [1.165, 1.54) is 0 Å². The van der Waals surface area contributed by atoms with Crippen LogP contribution in [0.2, 0.25) is 0 Å². The Labute approximate surface area is 216 Å². The number of nitrogens with one attached hydrogen (secondary N) is 1. The SMILES string of the molecule is CC(C[C@@H](C)[C@H]1CCC2C3C(C[C@H](O)[C@@]21C)[C@@]1(C)CC[C@@H](O)CC1C[C@H]3O)C(=O)NCCS(=O)(=O)O. The van der Waals surface area contributed by atoms with Crippen molar-refractivity contribution in [1.29, 1.82) is 0 Å². The van der Waals surface area contributed by atoms with Crippen molar-refractivity contribution in [2.24, 2.45) is 52.3 Å². The molecular formula is C27H47NO7S. The maximum atomic E-state index is 12.5. The molecule has 4 rings (SSSR count). The highest BCUT2D eigenvalue weighted by molar-refractivity contribution is 7.85. The maximum absolute atomic E-state index is 12.5. The number of carbonyl (C=O) groups is 1. The molecule has 36 heavy (non-hydrogen) atoms. The van der Waals surface area contributed by atoms with Gasteiger partial charge in [0.2, 0.25) is 5.91 Å². The van der Waals surface area contributed by atoms with Gasteiger partial charge < -0.3 is 20.6 Å². The Hall–Kier alpha value is -0.740. The van der Waals surface area contributed by atoms with Crippen LogP contribution >= 0.6 is 0 Å². The first-order chi connectivity index (χ1) is 16.7. The van der Waals surface area contributed by atoms with Gasteiger partial charge >= 0.3 is 0 Å². The van der Waals surface area contributed by atoms with Gasteiger partial charge in [-0.15, -0.1) is 0 Å². The Morgan fingerprint density at radius 1 is 1.03 bits per heavy atom. The number of amides is 1. The average Bonchev–Trinajstić information content (AvgIpc) is 3.13. The summed E-state index contributed by atoms with van der Waals surface area (Å²) >= 11 is 0. The number of rotatable bonds is 7. The molecule has 0 spiro atoms. The van der Waals surface area contributed by atoms with Gasteiger partial charge in [0.05, 0.1) is 24.1 Å². The normalized spacial score (nSPS) is 46.2. The molecule has 208 valence electrons. The monoisotopic (exact) mass is 529 g/mol. The molecule has 0 radical (unpaired) electrons. The lowest BCUT2D eigenvalue weighted by Crippen LogP contribution is -2.62. The predicted octanol–water partition coefficient (Wildman–Crippen LogP) is 2.61. The number of fused-ring (bicyclic) bond motifs is 5. The van der Waals surface area contributed by atoms with Gasteiger partial charge in [0.25, 0.3) is 10.1 Å². The lowest BCUT2D eigenvalue weighted by Gasteiger charge is -2.63. The van der Waals surface area contributed by atoms with Gasteiger partial charge in [0.15, 0.2) is 0 Å². The van der Waals surface area contributed by atoms with Crippen molar-refractivity contribution in [2.45, 2.75) is 97.4 Å². The van der Waals surface area contributed by atoms with Crippen LogP contribution in [0.3, 0.4) is 0 Å². The molecule has 4 fully saturated rings. The second-order valence-corrected chi connectivity index (χ2v) is 14.8. The first kappa shape index (κ1) is 28.3. The summed E-state index contributed by atoms with van der Waals surface area (Å²) in [5.41, 5.74) is -0.274. The number of hydrogen-bond donors (Lipinski definition) is 5. The van der Waals surface area contributed by atoms with Crippen LogP contribution in [-0.2, 0) is 14.9 Å². The van der Waals surface area contributed by atoms with Crippen LogP contribution < -0.4 is 5.32 Å². The molecule has 0 aromatic heterocycles. The Morgan fingerprint density at radius 2 is 1.72 bits per heavy atom. The van der Waals surface area contributed by atoms with Crippen molar-refractivity contribution >= 4 is 16.0 Å². The topological polar surface area (TPSA) is 144 Å². The molecule has 0 bridgehead atoms. The molecule has 4 aliphatic rings. The molecule has 1 amide bonds. The van der Waals surface area contributed by atoms with E-state index in [9.17, 15) is 28.5 Å². The van der Waals surface area contributed by atoms with E-state index in [0.717, 1.165) is 38.5 Å². The van der Waals surface area contributed by atoms with E-state index in [0.29, 0.717) is 18.8 Å². The third-order valence-electron chi connectivity index (χ3n) is 11.4. The van der Waals surface area contributed by atoms with E-state index in [1.807, 2.05) is 6.92 Å². The van der Waals surface area contributed by atoms with Crippen LogP contribution in [0.25, 0.3) is 0 Å². The Balaban J connectivity index is 1.46. The number of aliphatic hydroxyl groups is 3. The zero-order valence-corrected chi connectivity index (χ0v) is 23.1. The fourth-order valence-corrected chi connectivity index (χ4v) is 9.80. The maximum Gasteiger partial charge on any atom is 0.266 e. The second-order valence-electron chi connectivity index (χ2n) is 13.2. The summed E-state index contributed by atoms with van der Waals surface area (Å²) in [6.45, 7) is 8.41. The molecule has 9 heteroatoms. The van der Waals surface area contributed by atoms with Gasteiger partial charge in [-0.2, -0.15) is 8.42 Å². The van der Waals surface area contributed by atoms with Gasteiger partial charge in [-0.05, 0) is 97.7 Å². The van der Waals surface area contributed by atoms with Gasteiger partial charge in [0.1, 0.15) is 0 Å². The first-order valence-electron chi connectivity index (χ1n) is 14.0. The molecule has 12 atom stereocenters. The largest absolute Gasteiger partial charge is 0.393 e. The first-order valence-corrected chi connectivity index (χ1v) is 15.6. The highest BCUT2D eigenvalue weighted by atomic mass is 32.2. The van der Waals surface area contributed by atoms with Crippen LogP contribution in [0.15, 0.2) is 0 Å². The number of aliphatic hydroxyl groups excluding tert-OH is 3. The fraction of sp³-hybridized carbons (Fsp3) is 0.963. The predicted molar refractivity (Wildman–Crippen MR) is 136 cm³/mol. The molecule has 0 saturated heterocycles. The lowest BCUT2D eigenvalue weighted by molar-refractivity contribution is -0.207. The highest BCUT2D eigenvalue weighted by Crippen LogP contribution is 2.68. The minimum atomic E-state index is -4.11. The van der Waals surface area contributed by atoms with E-state index in [-0.39, 0.29) is 64.9 Å². The molecule has 0 heterocycles. The second kappa shape index (κ2) is 10.1. The van der Waals surface area contributed by atoms with Crippen LogP contribution in [0.1, 0.15) is 79.1 Å². The van der Waals surface area contributed by atoms with Gasteiger partial charge in [-0.25, -0.2) is 0 Å². The van der Waals surface area contributed by atoms with Crippen molar-refractivity contribution in [3.05, 3.63) is 0 Å². The molecular weight excluding hydrogens is 482 g/mol. The van der Waals surface area contributed by atoms with E-state index >= 15 is 0 Å². The number of hydrogen-bond acceptors (Lipinski definition) is 6. The number of carbonyl (C=O) groups excluding carboxylic acids is 1. The lowest BCUT2D eigenvalue weighted by atomic mass is 9.43. The summed E-state index contributed by atoms with van der Waals surface area (Å²) < 4.78 is 30.7. The molecule has 4 saturated carbocycles. The van der Waals surface area contributed by atoms with E-state index < -0.39 is 28.1 Å². The Morgan fingerprint density at radius 3 is 2.39 bits per heavy atom. The van der Waals surface area contributed by atoms with Crippen LogP contribution in [0.4, 0.5) is 0 Å². The van der Waals surface area contributed by atoms with E-state index in [2.05, 4.69) is 26.1 Å². The molecule has 4 aliphatic carbocycles. The van der Waals surface area contributed by atoms with Crippen molar-refractivity contribution < 1.29 is 33.1 Å². The van der Waals surface area contributed by atoms with E-state index in [1.54, 1.807) is 0 Å². The Kier molecular flexibility index (Phi) is 7.93. The molecule has 0 aliphatic heterocycles. The van der Waals surface area contributed by atoms with Gasteiger partial charge in [0, 0.05) is 12.5 Å². The summed E-state index contributed by atoms with van der Waals surface area (Å²) in [5, 5.41) is 36.0. The molecule has 0 aromatic rings. The summed E-state index contributed by atoms with van der Waals surface area (Å²) in [4.78, 5) is 12.5. The quantitative estimate of drug-likeness (QED) is 0.319. The summed E-state index contributed by atoms with van der Waals surface area (Å²) in [7, 11) is -4.11. The minimum absolute atomic E-state index is 0.0454. The van der Waals surface area contributed by atoms with Gasteiger partial charge in [-0.3, -0.25) is 9.35 Å². The highest BCUT2D eigenvalue weighted by Gasteiger charge is 2.65. The van der Waals surface area contributed by atoms with Crippen molar-refractivity contribution in [2.75, 3.05) is 12.3 Å². The van der Waals surface area contributed by atoms with Crippen molar-refractivity contribution in [3.63, 3.8) is 0 Å². The van der Waals surface area contributed by atoms with E-state index in [4.69, 9.17) is 4.55 Å². The minimum Gasteiger partial charge on any atom is -0.393 e. The third kappa shape index (κ3) is 4.99. The fourth-order valence-electron chi connectivity index (χ4n) is 9.44. The molecule has 5 N–H and O–H groups in total. The molecule has 5 unspecified atom stereocenters. The zero-order chi connectivity index (χ0) is 26.6. The molecule has 8 nitrogen and oxygen atoms in total. The Bertz CT molecular complexity index is 927. The van der Waals surface area contributed by atoms with Crippen LogP contribution in [0, 0.1) is 52.3 Å². The smallest absolute Gasteiger partial charge is 0.266 e. The van der Waals surface area contributed by atoms with Crippen molar-refractivity contribution in [3.8, 4) is 0 Å². The summed E-state index contributed by atoms with van der Waals surface area (Å²) in [6.07, 6.45) is 5.33. The molecule has 0 aromatic carbocycles. The zero-order valence-electron chi connectivity index (χ0n) is 22.3. The summed E-state index contributed by atoms with van der Waals surface area (Å²) in [6, 6.07) is 0. The standard InChI is InChI=1S/C27H47NO7S/c1-15(11-16(2)25(32)28-9-10-36(33,34)35)19-5-6-20-24-21(14-23(31)27(19,20)4)26(3)8-7-18(29)12-17(26)13-22(24)30/h15-24,29-31H,5-14H2,1-4H3,(H,28,32)(H,33,34,35)/t15-,16?,17?,18-,19-,20?,21?,22-,23+,24?,26+,27-/m1/s1. The van der Waals surface area contributed by atoms with Crippen LogP contribution in [0.5, 0.6) is 0 Å². The summed E-state index contributed by atoms with van der Waals surface area (Å²) in [5.74, 6) is 0.324. The third-order valence-corrected chi connectivity index (χ3v) is 12.1.